The number of nitrogens with zero attached hydrogens (tertiary/aromatic N) is 5. The van der Waals surface area contributed by atoms with E-state index < -0.39 is 24.3 Å². The number of alkyl halides is 6. The van der Waals surface area contributed by atoms with Crippen molar-refractivity contribution in [2.24, 2.45) is 0 Å². The van der Waals surface area contributed by atoms with Gasteiger partial charge in [-0.1, -0.05) is 0 Å². The molecule has 5 rings (SSSR count). The van der Waals surface area contributed by atoms with Gasteiger partial charge in [0.1, 0.15) is 35.0 Å². The van der Waals surface area contributed by atoms with Crippen molar-refractivity contribution in [1.82, 2.24) is 19.9 Å². The standard InChI is InChI=1S/C22H13N7O2.2C2HF3O2/c1-31-16-7-11(8-23)17(14(9-24)20(16)30)22-28-18-12-4-6-25-10-15(12)27-21-13(19(18)29-22)3-2-5-26-21;2*3-2(4,5)1(6)7/h2-7,10,30H,1H3,(H,26,27)(H,28,29);2*(H,6,7). The van der Waals surface area contributed by atoms with E-state index in [1.54, 1.807) is 24.7 Å². The van der Waals surface area contributed by atoms with Crippen LogP contribution < -0.4 is 10.1 Å². The number of benzene rings is 1. The Kier molecular flexibility index (Phi) is 9.48. The highest BCUT2D eigenvalue weighted by molar-refractivity contribution is 5.95. The fraction of sp³-hybridized carbons (Fsp3) is 0.115. The number of ether oxygens (including phenoxy) is 1. The Morgan fingerprint density at radius 2 is 1.60 bits per heavy atom. The number of rotatable bonds is 2. The van der Waals surface area contributed by atoms with Gasteiger partial charge < -0.3 is 30.4 Å². The number of methoxy groups -OCH3 is 1. The van der Waals surface area contributed by atoms with Crippen LogP contribution in [-0.4, -0.2) is 66.7 Å². The highest BCUT2D eigenvalue weighted by Crippen LogP contribution is 2.45. The Morgan fingerprint density at radius 1 is 0.978 bits per heavy atom. The molecule has 0 radical (unpaired) electrons. The molecule has 4 aromatic rings. The molecule has 0 aliphatic carbocycles. The van der Waals surface area contributed by atoms with Gasteiger partial charge in [-0.2, -0.15) is 36.9 Å². The van der Waals surface area contributed by atoms with Crippen molar-refractivity contribution in [1.29, 1.82) is 10.5 Å². The van der Waals surface area contributed by atoms with Crippen molar-refractivity contribution in [3.05, 3.63) is 54.0 Å². The Balaban J connectivity index is 0.000000331. The summed E-state index contributed by atoms with van der Waals surface area (Å²) in [7, 11) is 1.36. The molecule has 4 heterocycles. The second kappa shape index (κ2) is 12.9. The number of H-pyrrole nitrogens is 1. The first-order valence-electron chi connectivity index (χ1n) is 11.7. The number of aromatic amines is 1. The van der Waals surface area contributed by atoms with E-state index in [1.165, 1.54) is 13.2 Å². The molecule has 1 aliphatic rings. The lowest BCUT2D eigenvalue weighted by Crippen LogP contribution is -2.21. The number of carbonyl (C=O) groups is 2. The molecule has 0 bridgehead atoms. The topological polar surface area (TPSA) is 218 Å². The van der Waals surface area contributed by atoms with Crippen molar-refractivity contribution < 1.29 is 56.0 Å². The van der Waals surface area contributed by atoms with Crippen LogP contribution in [0, 0.1) is 22.7 Å². The number of phenols is 1. The number of nitriles is 2. The molecule has 13 nitrogen and oxygen atoms in total. The van der Waals surface area contributed by atoms with Gasteiger partial charge in [0.15, 0.2) is 11.5 Å². The number of hydrogen-bond acceptors (Lipinski definition) is 10. The zero-order valence-electron chi connectivity index (χ0n) is 22.1. The van der Waals surface area contributed by atoms with Crippen molar-refractivity contribution in [3.8, 4) is 57.5 Å². The number of carboxylic acid groups (broad SMARTS) is 2. The molecule has 232 valence electrons. The lowest BCUT2D eigenvalue weighted by atomic mass is 10.00. The van der Waals surface area contributed by atoms with E-state index in [4.69, 9.17) is 29.5 Å². The van der Waals surface area contributed by atoms with Crippen LogP contribution in [0.15, 0.2) is 42.9 Å². The molecule has 0 fully saturated rings. The molecule has 19 heteroatoms. The number of aromatic nitrogens is 4. The first kappa shape index (κ1) is 33.1. The second-order valence-electron chi connectivity index (χ2n) is 8.31. The third-order valence-electron chi connectivity index (χ3n) is 5.55. The molecule has 5 N–H and O–H groups in total. The summed E-state index contributed by atoms with van der Waals surface area (Å²) in [6, 6.07) is 10.9. The summed E-state index contributed by atoms with van der Waals surface area (Å²) in [4.78, 5) is 34.3. The van der Waals surface area contributed by atoms with Crippen LogP contribution >= 0.6 is 0 Å². The number of halogens is 6. The van der Waals surface area contributed by atoms with E-state index in [1.807, 2.05) is 18.2 Å². The maximum Gasteiger partial charge on any atom is 0.490 e. The smallest absolute Gasteiger partial charge is 0.490 e. The number of aliphatic carboxylic acids is 2. The van der Waals surface area contributed by atoms with Gasteiger partial charge in [-0.3, -0.25) is 4.98 Å². The average Bonchev–Trinajstić information content (AvgIpc) is 3.36. The molecule has 0 saturated heterocycles. The van der Waals surface area contributed by atoms with E-state index in [-0.39, 0.29) is 34.0 Å². The van der Waals surface area contributed by atoms with E-state index >= 15 is 0 Å². The van der Waals surface area contributed by atoms with Gasteiger partial charge in [0.2, 0.25) is 0 Å². The van der Waals surface area contributed by atoms with Crippen LogP contribution in [0.2, 0.25) is 0 Å². The summed E-state index contributed by atoms with van der Waals surface area (Å²) in [5.41, 5.74) is 3.80. The number of carboxylic acids is 2. The molecule has 0 spiro atoms. The van der Waals surface area contributed by atoms with Gasteiger partial charge in [-0.05, 0) is 18.2 Å². The third kappa shape index (κ3) is 7.17. The molecule has 1 aliphatic heterocycles. The first-order chi connectivity index (χ1) is 21.0. The molecular formula is C26H15F6N7O6. The molecular weight excluding hydrogens is 620 g/mol. The molecule has 0 saturated carbocycles. The normalized spacial score (nSPS) is 11.1. The highest BCUT2D eigenvalue weighted by Gasteiger charge is 2.39. The summed E-state index contributed by atoms with van der Waals surface area (Å²) in [6.07, 6.45) is -5.15. The highest BCUT2D eigenvalue weighted by atomic mass is 19.4. The number of anilines is 2. The number of aromatic hydroxyl groups is 1. The van der Waals surface area contributed by atoms with Gasteiger partial charge >= 0.3 is 24.3 Å². The minimum Gasteiger partial charge on any atom is -0.503 e. The average molecular weight is 635 g/mol. The fourth-order valence-electron chi connectivity index (χ4n) is 3.66. The predicted octanol–water partition coefficient (Wildman–Crippen LogP) is 4.98. The lowest BCUT2D eigenvalue weighted by molar-refractivity contribution is -0.193. The van der Waals surface area contributed by atoms with Gasteiger partial charge in [0, 0.05) is 29.6 Å². The van der Waals surface area contributed by atoms with Crippen LogP contribution in [-0.2, 0) is 9.59 Å². The Labute approximate surface area is 246 Å². The van der Waals surface area contributed by atoms with Gasteiger partial charge in [0.25, 0.3) is 0 Å². The predicted molar refractivity (Wildman–Crippen MR) is 139 cm³/mol. The van der Waals surface area contributed by atoms with Crippen LogP contribution in [0.3, 0.4) is 0 Å². The summed E-state index contributed by atoms with van der Waals surface area (Å²) in [5, 5.41) is 47.4. The number of nitrogens with one attached hydrogen (secondary N) is 2. The number of phenolic OH excluding ortho intramolecular Hbond substituents is 1. The van der Waals surface area contributed by atoms with E-state index in [0.717, 1.165) is 16.8 Å². The van der Waals surface area contributed by atoms with Crippen LogP contribution in [0.1, 0.15) is 11.1 Å². The maximum atomic E-state index is 10.6. The zero-order valence-corrected chi connectivity index (χ0v) is 22.1. The first-order valence-corrected chi connectivity index (χ1v) is 11.7. The fourth-order valence-corrected chi connectivity index (χ4v) is 3.66. The third-order valence-corrected chi connectivity index (χ3v) is 5.55. The van der Waals surface area contributed by atoms with Gasteiger partial charge in [-0.15, -0.1) is 0 Å². The number of pyridine rings is 2. The quantitative estimate of drug-likeness (QED) is 0.162. The number of fused-ring (bicyclic) bond motifs is 5. The van der Waals surface area contributed by atoms with Crippen LogP contribution in [0.5, 0.6) is 11.5 Å². The lowest BCUT2D eigenvalue weighted by Gasteiger charge is -2.11. The molecule has 0 atom stereocenters. The summed E-state index contributed by atoms with van der Waals surface area (Å²) >= 11 is 0. The monoisotopic (exact) mass is 635 g/mol. The second-order valence-corrected chi connectivity index (χ2v) is 8.31. The summed E-state index contributed by atoms with van der Waals surface area (Å²) < 4.78 is 68.6. The molecule has 1 aromatic carbocycles. The largest absolute Gasteiger partial charge is 0.503 e. The summed E-state index contributed by atoms with van der Waals surface area (Å²) in [6.45, 7) is 0. The summed E-state index contributed by atoms with van der Waals surface area (Å²) in [5.74, 6) is -4.94. The Hall–Kier alpha value is -6.37. The van der Waals surface area contributed by atoms with Crippen LogP contribution in [0.4, 0.5) is 37.8 Å². The van der Waals surface area contributed by atoms with E-state index in [9.17, 15) is 42.0 Å². The van der Waals surface area contributed by atoms with Crippen LogP contribution in [0.25, 0.3) is 33.9 Å². The molecule has 45 heavy (non-hydrogen) atoms. The zero-order chi connectivity index (χ0) is 33.7. The van der Waals surface area contributed by atoms with E-state index in [2.05, 4.69) is 26.3 Å². The van der Waals surface area contributed by atoms with E-state index in [0.29, 0.717) is 17.2 Å². The molecule has 0 unspecified atom stereocenters. The molecule has 0 amide bonds. The Bertz CT molecular complexity index is 1770. The minimum atomic E-state index is -5.08. The van der Waals surface area contributed by atoms with Gasteiger partial charge in [-0.25, -0.2) is 19.6 Å². The maximum absolute atomic E-state index is 10.6. The van der Waals surface area contributed by atoms with Crippen molar-refractivity contribution in [3.63, 3.8) is 0 Å². The number of imidazole rings is 1. The molecule has 3 aromatic heterocycles. The minimum absolute atomic E-state index is 0.0418. The van der Waals surface area contributed by atoms with Crippen molar-refractivity contribution >= 4 is 23.4 Å². The Morgan fingerprint density at radius 3 is 2.13 bits per heavy atom. The van der Waals surface area contributed by atoms with Crippen molar-refractivity contribution in [2.45, 2.75) is 12.4 Å². The number of hydrogen-bond donors (Lipinski definition) is 5. The SMILES string of the molecule is COc1cc(C#N)c(-c2nc3c([nH]2)-c2ccncc2Nc2ncccc2-3)c(C#N)c1O.O=C(O)C(F)(F)F.O=C(O)C(F)(F)F. The van der Waals surface area contributed by atoms with Gasteiger partial charge in [0.05, 0.1) is 35.8 Å². The van der Waals surface area contributed by atoms with Crippen molar-refractivity contribution in [2.75, 3.05) is 12.4 Å².